The van der Waals surface area contributed by atoms with Gasteiger partial charge >= 0.3 is 0 Å². The second kappa shape index (κ2) is 13.6. The van der Waals surface area contributed by atoms with Crippen molar-refractivity contribution in [2.75, 3.05) is 41.0 Å². The zero-order valence-corrected chi connectivity index (χ0v) is 16.1. The average molecular weight is 343 g/mol. The van der Waals surface area contributed by atoms with Gasteiger partial charge in [-0.15, -0.1) is 0 Å². The minimum atomic E-state index is -0.846. The fraction of sp³-hybridized carbons (Fsp3) is 0.947. The van der Waals surface area contributed by atoms with Crippen molar-refractivity contribution in [1.29, 1.82) is 0 Å². The van der Waals surface area contributed by atoms with Crippen molar-refractivity contribution in [3.05, 3.63) is 0 Å². The van der Waals surface area contributed by atoms with Crippen LogP contribution in [0.25, 0.3) is 0 Å². The van der Waals surface area contributed by atoms with Gasteiger partial charge in [0.15, 0.2) is 0 Å². The van der Waals surface area contributed by atoms with Gasteiger partial charge in [-0.3, -0.25) is 4.99 Å². The Morgan fingerprint density at radius 2 is 1.29 bits per heavy atom. The van der Waals surface area contributed by atoms with Crippen LogP contribution in [0.3, 0.4) is 0 Å². The summed E-state index contributed by atoms with van der Waals surface area (Å²) in [5, 5.41) is 0. The van der Waals surface area contributed by atoms with E-state index < -0.39 is 5.97 Å². The Labute approximate surface area is 148 Å². The first-order valence-corrected chi connectivity index (χ1v) is 9.66. The van der Waals surface area contributed by atoms with Gasteiger partial charge in [0.05, 0.1) is 12.9 Å². The van der Waals surface area contributed by atoms with Gasteiger partial charge in [-0.2, -0.15) is 0 Å². The third-order valence-electron chi connectivity index (χ3n) is 4.87. The molecule has 0 aromatic heterocycles. The number of nitrogens with zero attached hydrogens (tertiary/aromatic N) is 2. The van der Waals surface area contributed by atoms with E-state index >= 15 is 0 Å². The van der Waals surface area contributed by atoms with E-state index in [-0.39, 0.29) is 0 Å². The Bertz CT molecular complexity index is 311. The quantitative estimate of drug-likeness (QED) is 0.311. The summed E-state index contributed by atoms with van der Waals surface area (Å²) in [5.74, 6) is -0.846. The third kappa shape index (κ3) is 9.00. The molecule has 0 aliphatic carbocycles. The van der Waals surface area contributed by atoms with Gasteiger partial charge in [0.2, 0.25) is 0 Å². The molecule has 1 aliphatic rings. The normalized spacial score (nSPS) is 14.7. The lowest BCUT2D eigenvalue weighted by Gasteiger charge is -2.28. The van der Waals surface area contributed by atoms with E-state index in [0.29, 0.717) is 0 Å². The number of ether oxygens (including phenoxy) is 3. The Balaban J connectivity index is 1.81. The van der Waals surface area contributed by atoms with Crippen molar-refractivity contribution in [2.45, 2.75) is 76.6 Å². The predicted octanol–water partition coefficient (Wildman–Crippen LogP) is 4.21. The van der Waals surface area contributed by atoms with Gasteiger partial charge in [-0.1, -0.05) is 51.4 Å². The summed E-state index contributed by atoms with van der Waals surface area (Å²) in [4.78, 5) is 6.58. The molecule has 1 heterocycles. The Morgan fingerprint density at radius 3 is 1.75 bits per heavy atom. The van der Waals surface area contributed by atoms with Crippen molar-refractivity contribution < 1.29 is 14.2 Å². The van der Waals surface area contributed by atoms with Crippen LogP contribution in [0.5, 0.6) is 0 Å². The molecule has 5 nitrogen and oxygen atoms in total. The molecular weight excluding hydrogens is 304 g/mol. The van der Waals surface area contributed by atoms with Gasteiger partial charge in [-0.25, -0.2) is 0 Å². The van der Waals surface area contributed by atoms with Crippen LogP contribution in [-0.4, -0.2) is 58.2 Å². The van der Waals surface area contributed by atoms with Crippen LogP contribution >= 0.6 is 0 Å². The van der Waals surface area contributed by atoms with Crippen LogP contribution in [0.4, 0.5) is 0 Å². The first-order valence-electron chi connectivity index (χ1n) is 9.66. The first kappa shape index (κ1) is 21.4. The smallest absolute Gasteiger partial charge is 0.282 e. The van der Waals surface area contributed by atoms with Crippen molar-refractivity contribution in [1.82, 2.24) is 4.90 Å². The lowest BCUT2D eigenvalue weighted by Crippen LogP contribution is -2.35. The monoisotopic (exact) mass is 342 g/mol. The lowest BCUT2D eigenvalue weighted by atomic mass is 10.1. The SMILES string of the molecule is COC(CCCCCCCCCCCCN1C=NCC1)(OC)OC. The highest BCUT2D eigenvalue weighted by molar-refractivity contribution is 5.56. The molecule has 1 rings (SSSR count). The van der Waals surface area contributed by atoms with Crippen molar-refractivity contribution in [3.63, 3.8) is 0 Å². The fourth-order valence-electron chi connectivity index (χ4n) is 3.21. The third-order valence-corrected chi connectivity index (χ3v) is 4.87. The maximum absolute atomic E-state index is 5.31. The summed E-state index contributed by atoms with van der Waals surface area (Å²) >= 11 is 0. The van der Waals surface area contributed by atoms with E-state index in [0.717, 1.165) is 25.9 Å². The van der Waals surface area contributed by atoms with Gasteiger partial charge < -0.3 is 19.1 Å². The Hall–Kier alpha value is -0.650. The molecule has 0 saturated carbocycles. The van der Waals surface area contributed by atoms with Crippen molar-refractivity contribution in [3.8, 4) is 0 Å². The molecule has 24 heavy (non-hydrogen) atoms. The Kier molecular flexibility index (Phi) is 12.1. The zero-order valence-electron chi connectivity index (χ0n) is 16.1. The Morgan fingerprint density at radius 1 is 0.792 bits per heavy atom. The number of hydrogen-bond donors (Lipinski definition) is 0. The summed E-state index contributed by atoms with van der Waals surface area (Å²) < 4.78 is 15.9. The molecule has 1 aliphatic heterocycles. The summed E-state index contributed by atoms with van der Waals surface area (Å²) in [6.45, 7) is 3.30. The number of aliphatic imine (C=N–C) groups is 1. The van der Waals surface area contributed by atoms with E-state index in [1.165, 1.54) is 64.3 Å². The van der Waals surface area contributed by atoms with Crippen LogP contribution in [0.2, 0.25) is 0 Å². The minimum Gasteiger partial charge on any atom is -0.361 e. The first-order chi connectivity index (χ1) is 11.8. The van der Waals surface area contributed by atoms with E-state index in [2.05, 4.69) is 9.89 Å². The molecule has 0 fully saturated rings. The molecule has 0 aromatic rings. The van der Waals surface area contributed by atoms with Crippen LogP contribution in [0.1, 0.15) is 70.6 Å². The number of hydrogen-bond acceptors (Lipinski definition) is 5. The van der Waals surface area contributed by atoms with Gasteiger partial charge in [0.25, 0.3) is 5.97 Å². The molecule has 0 radical (unpaired) electrons. The number of methoxy groups -OCH3 is 3. The lowest BCUT2D eigenvalue weighted by molar-refractivity contribution is -0.355. The van der Waals surface area contributed by atoms with Crippen LogP contribution < -0.4 is 0 Å². The maximum Gasteiger partial charge on any atom is 0.282 e. The van der Waals surface area contributed by atoms with E-state index in [9.17, 15) is 0 Å². The van der Waals surface area contributed by atoms with Crippen molar-refractivity contribution in [2.24, 2.45) is 4.99 Å². The van der Waals surface area contributed by atoms with Crippen LogP contribution in [-0.2, 0) is 14.2 Å². The maximum atomic E-state index is 5.31. The van der Waals surface area contributed by atoms with Gasteiger partial charge in [0, 0.05) is 40.8 Å². The second-order valence-electron chi connectivity index (χ2n) is 6.64. The highest BCUT2D eigenvalue weighted by atomic mass is 16.9. The fourth-order valence-corrected chi connectivity index (χ4v) is 3.21. The molecule has 0 bridgehead atoms. The van der Waals surface area contributed by atoms with E-state index in [1.807, 2.05) is 6.34 Å². The average Bonchev–Trinajstić information content (AvgIpc) is 3.13. The highest BCUT2D eigenvalue weighted by Crippen LogP contribution is 2.21. The van der Waals surface area contributed by atoms with Gasteiger partial charge in [-0.05, 0) is 12.8 Å². The number of unbranched alkanes of at least 4 members (excludes halogenated alkanes) is 9. The molecule has 0 aromatic carbocycles. The highest BCUT2D eigenvalue weighted by Gasteiger charge is 2.28. The summed E-state index contributed by atoms with van der Waals surface area (Å²) in [5.41, 5.74) is 0. The second-order valence-corrected chi connectivity index (χ2v) is 6.64. The minimum absolute atomic E-state index is 0.790. The summed E-state index contributed by atoms with van der Waals surface area (Å²) in [7, 11) is 4.89. The molecule has 5 heteroatoms. The number of rotatable bonds is 16. The summed E-state index contributed by atoms with van der Waals surface area (Å²) in [6, 6.07) is 0. The van der Waals surface area contributed by atoms with Crippen molar-refractivity contribution >= 4 is 6.34 Å². The molecule has 0 saturated heterocycles. The molecule has 142 valence electrons. The topological polar surface area (TPSA) is 43.3 Å². The largest absolute Gasteiger partial charge is 0.361 e. The van der Waals surface area contributed by atoms with Crippen LogP contribution in [0, 0.1) is 0 Å². The molecule has 0 spiro atoms. The molecule has 0 N–H and O–H groups in total. The zero-order chi connectivity index (χ0) is 17.5. The standard InChI is InChI=1S/C19H38N2O3/c1-22-19(23-2,24-3)14-12-10-8-6-4-5-7-9-11-13-16-21-17-15-20-18-21/h18H,4-17H2,1-3H3. The molecular formula is C19H38N2O3. The molecule has 0 unspecified atom stereocenters. The van der Waals surface area contributed by atoms with E-state index in [4.69, 9.17) is 14.2 Å². The summed E-state index contributed by atoms with van der Waals surface area (Å²) in [6.07, 6.45) is 15.9. The van der Waals surface area contributed by atoms with Crippen LogP contribution in [0.15, 0.2) is 4.99 Å². The molecule has 0 atom stereocenters. The predicted molar refractivity (Wildman–Crippen MR) is 99.5 cm³/mol. The van der Waals surface area contributed by atoms with Gasteiger partial charge in [0.1, 0.15) is 0 Å². The van der Waals surface area contributed by atoms with E-state index in [1.54, 1.807) is 21.3 Å². The molecule has 0 amide bonds.